The van der Waals surface area contributed by atoms with E-state index < -0.39 is 88.3 Å². The fraction of sp³-hybridized carbons (Fsp3) is 0.485. The Balaban J connectivity index is 2.29. The number of rotatable bonds is 13. The quantitative estimate of drug-likeness (QED) is 0.126. The lowest BCUT2D eigenvalue weighted by Crippen LogP contribution is -2.45. The molecular formula is C33H38F6N4O5. The molecule has 1 amide bonds. The molecule has 0 bridgehead atoms. The van der Waals surface area contributed by atoms with Gasteiger partial charge < -0.3 is 13.9 Å². The predicted molar refractivity (Wildman–Crippen MR) is 165 cm³/mol. The molecule has 1 N–H and O–H groups in total. The Morgan fingerprint density at radius 3 is 2.25 bits per heavy atom. The average Bonchev–Trinajstić information content (AvgIpc) is 3.45. The summed E-state index contributed by atoms with van der Waals surface area (Å²) in [4.78, 5) is 30.1. The van der Waals surface area contributed by atoms with E-state index in [0.717, 1.165) is 0 Å². The van der Waals surface area contributed by atoms with Crippen LogP contribution in [0.4, 0.5) is 36.8 Å². The number of alkyl halides is 6. The molecule has 262 valence electrons. The lowest BCUT2D eigenvalue weighted by Gasteiger charge is -2.32. The Morgan fingerprint density at radius 1 is 1.02 bits per heavy atom. The Labute approximate surface area is 274 Å². The van der Waals surface area contributed by atoms with Gasteiger partial charge in [-0.1, -0.05) is 44.2 Å². The summed E-state index contributed by atoms with van der Waals surface area (Å²) in [6, 6.07) is 0.417. The number of aromatic nitrogens is 3. The van der Waals surface area contributed by atoms with Crippen molar-refractivity contribution >= 4 is 17.6 Å². The minimum absolute atomic E-state index is 0.0386. The number of nitrogens with one attached hydrogen (secondary N) is 1. The molecule has 1 unspecified atom stereocenters. The largest absolute Gasteiger partial charge is 0.444 e. The fourth-order valence-corrected chi connectivity index (χ4v) is 4.70. The molecule has 0 saturated carbocycles. The average molecular weight is 685 g/mol. The highest BCUT2D eigenvalue weighted by atomic mass is 19.4. The third kappa shape index (κ3) is 8.99. The second kappa shape index (κ2) is 14.5. The summed E-state index contributed by atoms with van der Waals surface area (Å²) in [5.74, 6) is -2.96. The smallest absolute Gasteiger partial charge is 0.426 e. The summed E-state index contributed by atoms with van der Waals surface area (Å²) >= 11 is 0. The summed E-state index contributed by atoms with van der Waals surface area (Å²) in [7, 11) is 0. The van der Waals surface area contributed by atoms with Gasteiger partial charge in [0.05, 0.1) is 17.9 Å². The van der Waals surface area contributed by atoms with Crippen molar-refractivity contribution in [1.82, 2.24) is 15.2 Å². The molecule has 1 aliphatic carbocycles. The third-order valence-corrected chi connectivity index (χ3v) is 7.14. The second-order valence-corrected chi connectivity index (χ2v) is 12.7. The molecule has 1 atom stereocenters. The van der Waals surface area contributed by atoms with Gasteiger partial charge in [0.15, 0.2) is 11.5 Å². The van der Waals surface area contributed by atoms with Crippen LogP contribution in [0.3, 0.4) is 0 Å². The molecule has 9 nitrogen and oxygen atoms in total. The number of hydrogen-bond donors (Lipinski definition) is 1. The van der Waals surface area contributed by atoms with E-state index in [0.29, 0.717) is 24.5 Å². The number of amides is 1. The zero-order valence-corrected chi connectivity index (χ0v) is 27.3. The molecule has 48 heavy (non-hydrogen) atoms. The zero-order valence-electron chi connectivity index (χ0n) is 27.3. The van der Waals surface area contributed by atoms with Crippen LogP contribution in [0.5, 0.6) is 0 Å². The number of anilines is 1. The van der Waals surface area contributed by atoms with E-state index >= 15 is 0 Å². The molecule has 15 heteroatoms. The molecule has 2 heterocycles. The second-order valence-electron chi connectivity index (χ2n) is 12.7. The molecule has 0 saturated heterocycles. The van der Waals surface area contributed by atoms with Crippen LogP contribution in [-0.2, 0) is 21.3 Å². The Morgan fingerprint density at radius 2 is 1.71 bits per heavy atom. The van der Waals surface area contributed by atoms with E-state index in [1.54, 1.807) is 18.2 Å². The van der Waals surface area contributed by atoms with Gasteiger partial charge in [0.2, 0.25) is 5.60 Å². The van der Waals surface area contributed by atoms with Crippen molar-refractivity contribution in [3.05, 3.63) is 72.3 Å². The molecular weight excluding hydrogens is 646 g/mol. The van der Waals surface area contributed by atoms with Crippen LogP contribution >= 0.6 is 0 Å². The van der Waals surface area contributed by atoms with Crippen LogP contribution in [0.15, 0.2) is 59.6 Å². The van der Waals surface area contributed by atoms with Gasteiger partial charge in [-0.2, -0.15) is 26.3 Å². The standard InChI is InChI=1S/C33H38F6N4O5/c1-8-10-17-31(33(37,38)39,46-19-20-14-12-11-13-15-20)27-43-42-26(47-27)24-22(40-28(45)48-29(3,4)5)18-21(32(34,35)36)23(41-24)25(44)30(6,7)16-9-2/h8-9,12,14-15,18H,1-2,10-11,13,16-17,19H2,3-7H3,(H,40,45). The minimum Gasteiger partial charge on any atom is -0.444 e. The molecule has 3 rings (SSSR count). The monoisotopic (exact) mass is 684 g/mol. The number of allylic oxidation sites excluding steroid dienone is 4. The number of carbonyl (C=O) groups excluding carboxylic acids is 2. The molecule has 2 aromatic heterocycles. The molecule has 2 aromatic rings. The van der Waals surface area contributed by atoms with Crippen molar-refractivity contribution in [3.8, 4) is 11.6 Å². The zero-order chi connectivity index (χ0) is 36.1. The predicted octanol–water partition coefficient (Wildman–Crippen LogP) is 9.30. The lowest BCUT2D eigenvalue weighted by molar-refractivity contribution is -0.292. The van der Waals surface area contributed by atoms with E-state index in [2.05, 4.69) is 33.7 Å². The Bertz CT molecular complexity index is 1580. The van der Waals surface area contributed by atoms with Crippen LogP contribution in [0.25, 0.3) is 11.6 Å². The van der Waals surface area contributed by atoms with E-state index in [1.165, 1.54) is 46.8 Å². The van der Waals surface area contributed by atoms with Crippen LogP contribution in [-0.4, -0.2) is 45.4 Å². The minimum atomic E-state index is -5.16. The number of nitrogens with zero attached hydrogens (tertiary/aromatic N) is 3. The maximum absolute atomic E-state index is 14.9. The first-order chi connectivity index (χ1) is 22.1. The number of ketones is 1. The highest BCUT2D eigenvalue weighted by Crippen LogP contribution is 2.47. The van der Waals surface area contributed by atoms with Crippen molar-refractivity contribution in [2.24, 2.45) is 5.41 Å². The van der Waals surface area contributed by atoms with E-state index in [-0.39, 0.29) is 12.8 Å². The molecule has 0 radical (unpaired) electrons. The summed E-state index contributed by atoms with van der Waals surface area (Å²) in [6.07, 6.45) is -3.45. The lowest BCUT2D eigenvalue weighted by atomic mass is 9.81. The van der Waals surface area contributed by atoms with Crippen LogP contribution in [0.1, 0.15) is 88.7 Å². The highest BCUT2D eigenvalue weighted by Gasteiger charge is 2.61. The van der Waals surface area contributed by atoms with Gasteiger partial charge in [0.25, 0.3) is 11.8 Å². The van der Waals surface area contributed by atoms with E-state index in [4.69, 9.17) is 13.9 Å². The van der Waals surface area contributed by atoms with Crippen molar-refractivity contribution in [3.63, 3.8) is 0 Å². The SMILES string of the molecule is C=CCCC(OCC1=CCCC=C1)(c1nnc(-c2nc(C(=O)C(C)(C)CC=C)c(C(F)(F)F)cc2NC(=O)OC(C)(C)C)o1)C(F)(F)F. The first-order valence-corrected chi connectivity index (χ1v) is 14.9. The fourth-order valence-electron chi connectivity index (χ4n) is 4.70. The Hall–Kier alpha value is -4.27. The van der Waals surface area contributed by atoms with Crippen LogP contribution < -0.4 is 5.32 Å². The molecule has 0 aromatic carbocycles. The maximum atomic E-state index is 14.9. The van der Waals surface area contributed by atoms with Gasteiger partial charge in [-0.3, -0.25) is 10.1 Å². The number of ether oxygens (including phenoxy) is 2. The van der Waals surface area contributed by atoms with Gasteiger partial charge >= 0.3 is 18.4 Å². The van der Waals surface area contributed by atoms with Gasteiger partial charge in [-0.05, 0) is 64.5 Å². The van der Waals surface area contributed by atoms with E-state index in [9.17, 15) is 35.9 Å². The first-order valence-electron chi connectivity index (χ1n) is 14.9. The van der Waals surface area contributed by atoms with Crippen molar-refractivity contribution in [1.29, 1.82) is 0 Å². The van der Waals surface area contributed by atoms with Gasteiger partial charge in [0.1, 0.15) is 11.3 Å². The number of carbonyl (C=O) groups is 2. The number of pyridine rings is 1. The molecule has 0 fully saturated rings. The number of halogens is 6. The topological polar surface area (TPSA) is 116 Å². The molecule has 1 aliphatic rings. The normalized spacial score (nSPS) is 15.4. The summed E-state index contributed by atoms with van der Waals surface area (Å²) < 4.78 is 104. The van der Waals surface area contributed by atoms with Crippen molar-refractivity contribution < 1.29 is 49.8 Å². The summed E-state index contributed by atoms with van der Waals surface area (Å²) in [5, 5.41) is 9.43. The first kappa shape index (κ1) is 38.2. The highest BCUT2D eigenvalue weighted by molar-refractivity contribution is 6.01. The maximum Gasteiger partial charge on any atom is 0.426 e. The van der Waals surface area contributed by atoms with Gasteiger partial charge in [-0.15, -0.1) is 23.4 Å². The number of hydrogen-bond acceptors (Lipinski definition) is 8. The van der Waals surface area contributed by atoms with E-state index in [1.807, 2.05) is 0 Å². The number of Topliss-reactive ketones (excluding diaryl/α,β-unsaturated/α-hetero) is 1. The van der Waals surface area contributed by atoms with Gasteiger partial charge in [-0.25, -0.2) is 9.78 Å². The third-order valence-electron chi connectivity index (χ3n) is 7.14. The molecule has 0 aliphatic heterocycles. The molecule has 0 spiro atoms. The van der Waals surface area contributed by atoms with Gasteiger partial charge in [0, 0.05) is 5.41 Å². The summed E-state index contributed by atoms with van der Waals surface area (Å²) in [6.45, 7) is 13.8. The van der Waals surface area contributed by atoms with Crippen LogP contribution in [0, 0.1) is 5.41 Å². The van der Waals surface area contributed by atoms with Crippen molar-refractivity contribution in [2.75, 3.05) is 11.9 Å². The summed E-state index contributed by atoms with van der Waals surface area (Å²) in [5.41, 5.74) is -9.25. The Kier molecular flexibility index (Phi) is 11.5. The van der Waals surface area contributed by atoms with Crippen molar-refractivity contribution in [2.45, 2.75) is 90.3 Å². The van der Waals surface area contributed by atoms with Crippen LogP contribution in [0.2, 0.25) is 0 Å².